The fourth-order valence-electron chi connectivity index (χ4n) is 4.78. The zero-order valence-corrected chi connectivity index (χ0v) is 14.5. The molecule has 25 heavy (non-hydrogen) atoms. The average molecular weight is 342 g/mol. The number of rotatable bonds is 4. The van der Waals surface area contributed by atoms with E-state index in [1.54, 1.807) is 6.07 Å². The monoisotopic (exact) mass is 342 g/mol. The third kappa shape index (κ3) is 2.96. The smallest absolute Gasteiger partial charge is 0.248 e. The number of primary amides is 1. The predicted molar refractivity (Wildman–Crippen MR) is 96.6 cm³/mol. The fraction of sp³-hybridized carbons (Fsp3) is 0.550. The Hall–Kier alpha value is -1.85. The van der Waals surface area contributed by atoms with E-state index in [2.05, 4.69) is 4.57 Å². The van der Waals surface area contributed by atoms with Crippen LogP contribution in [0, 0.1) is 11.8 Å². The van der Waals surface area contributed by atoms with Crippen molar-refractivity contribution in [2.45, 2.75) is 38.6 Å². The summed E-state index contributed by atoms with van der Waals surface area (Å²) in [5.41, 5.74) is 9.84. The second-order valence-electron chi connectivity index (χ2n) is 7.35. The van der Waals surface area contributed by atoms with Gasteiger partial charge in [-0.1, -0.05) is 0 Å². The van der Waals surface area contributed by atoms with E-state index in [1.807, 2.05) is 12.1 Å². The van der Waals surface area contributed by atoms with Crippen LogP contribution >= 0.6 is 0 Å². The van der Waals surface area contributed by atoms with Gasteiger partial charge in [0.15, 0.2) is 0 Å². The lowest BCUT2D eigenvalue weighted by Gasteiger charge is -2.33. The van der Waals surface area contributed by atoms with Crippen LogP contribution in [0.2, 0.25) is 0 Å². The lowest BCUT2D eigenvalue weighted by molar-refractivity contribution is 0.0438. The first kappa shape index (κ1) is 16.6. The second-order valence-corrected chi connectivity index (χ2v) is 7.35. The van der Waals surface area contributed by atoms with Crippen LogP contribution in [-0.4, -0.2) is 35.4 Å². The molecule has 1 fully saturated rings. The van der Waals surface area contributed by atoms with Crippen LogP contribution in [0.5, 0.6) is 0 Å². The largest absolute Gasteiger partial charge is 0.395 e. The summed E-state index contributed by atoms with van der Waals surface area (Å²) >= 11 is 0. The molecule has 1 aromatic carbocycles. The molecule has 3 N–H and O–H groups in total. The van der Waals surface area contributed by atoms with Crippen molar-refractivity contribution in [2.24, 2.45) is 17.6 Å². The van der Waals surface area contributed by atoms with E-state index in [1.165, 1.54) is 17.7 Å². The first-order valence-corrected chi connectivity index (χ1v) is 9.31. The summed E-state index contributed by atoms with van der Waals surface area (Å²) in [6, 6.07) is 5.71. The van der Waals surface area contributed by atoms with Crippen LogP contribution in [0.3, 0.4) is 0 Å². The predicted octanol–water partition coefficient (Wildman–Crippen LogP) is 2.26. The minimum absolute atomic E-state index is 0.122. The molecule has 0 spiro atoms. The van der Waals surface area contributed by atoms with Crippen LogP contribution in [-0.2, 0) is 24.1 Å². The van der Waals surface area contributed by atoms with Crippen LogP contribution < -0.4 is 5.73 Å². The van der Waals surface area contributed by atoms with Gasteiger partial charge < -0.3 is 20.1 Å². The van der Waals surface area contributed by atoms with Crippen molar-refractivity contribution in [2.75, 3.05) is 19.8 Å². The Morgan fingerprint density at radius 3 is 2.76 bits per heavy atom. The Balaban J connectivity index is 1.76. The van der Waals surface area contributed by atoms with Gasteiger partial charge in [0, 0.05) is 41.9 Å². The third-order valence-electron chi connectivity index (χ3n) is 6.05. The number of benzene rings is 1. The maximum Gasteiger partial charge on any atom is 0.248 e. The average Bonchev–Trinajstić information content (AvgIpc) is 2.95. The van der Waals surface area contributed by atoms with Gasteiger partial charge in [0.1, 0.15) is 0 Å². The van der Waals surface area contributed by atoms with Gasteiger partial charge in [-0.25, -0.2) is 0 Å². The van der Waals surface area contributed by atoms with Gasteiger partial charge in [-0.2, -0.15) is 0 Å². The highest BCUT2D eigenvalue weighted by molar-refractivity contribution is 5.98. The maximum absolute atomic E-state index is 11.6. The summed E-state index contributed by atoms with van der Waals surface area (Å²) in [6.07, 6.45) is 5.60. The first-order chi connectivity index (χ1) is 12.2. The standard InChI is InChI=1S/C20H26N2O3/c21-20(24)15-2-4-19-17(12-15)16-11-14(13-5-9-25-10-6-13)1-3-18(16)22(19)7-8-23/h2,4,12-14,23H,1,3,5-11H2,(H2,21,24). The Labute approximate surface area is 147 Å². The van der Waals surface area contributed by atoms with Gasteiger partial charge in [0.2, 0.25) is 5.91 Å². The van der Waals surface area contributed by atoms with E-state index >= 15 is 0 Å². The molecule has 1 aliphatic carbocycles. The molecular formula is C20H26N2O3. The Morgan fingerprint density at radius 1 is 1.24 bits per heavy atom. The van der Waals surface area contributed by atoms with Gasteiger partial charge in [-0.05, 0) is 67.7 Å². The number of aromatic nitrogens is 1. The summed E-state index contributed by atoms with van der Waals surface area (Å²) in [7, 11) is 0. The van der Waals surface area contributed by atoms with Crippen LogP contribution in [0.15, 0.2) is 18.2 Å². The molecule has 1 aromatic heterocycles. The summed E-state index contributed by atoms with van der Waals surface area (Å²) < 4.78 is 7.76. The molecule has 2 heterocycles. The molecule has 0 bridgehead atoms. The first-order valence-electron chi connectivity index (χ1n) is 9.31. The molecule has 2 aliphatic rings. The summed E-state index contributed by atoms with van der Waals surface area (Å²) in [5.74, 6) is 1.03. The van der Waals surface area contributed by atoms with E-state index < -0.39 is 0 Å². The molecule has 1 amide bonds. The Bertz CT molecular complexity index is 790. The molecule has 2 aromatic rings. The minimum atomic E-state index is -0.387. The molecular weight excluding hydrogens is 316 g/mol. The van der Waals surface area contributed by atoms with Crippen molar-refractivity contribution in [3.8, 4) is 0 Å². The number of carbonyl (C=O) groups excluding carboxylic acids is 1. The van der Waals surface area contributed by atoms with Crippen molar-refractivity contribution < 1.29 is 14.6 Å². The molecule has 5 heteroatoms. The Kier molecular flexibility index (Phi) is 4.52. The molecule has 0 radical (unpaired) electrons. The highest BCUT2D eigenvalue weighted by Gasteiger charge is 2.31. The lowest BCUT2D eigenvalue weighted by Crippen LogP contribution is -2.28. The third-order valence-corrected chi connectivity index (χ3v) is 6.05. The van der Waals surface area contributed by atoms with Gasteiger partial charge in [-0.15, -0.1) is 0 Å². The van der Waals surface area contributed by atoms with Gasteiger partial charge >= 0.3 is 0 Å². The minimum Gasteiger partial charge on any atom is -0.395 e. The molecule has 1 saturated heterocycles. The number of amides is 1. The molecule has 0 saturated carbocycles. The number of nitrogens with two attached hydrogens (primary N) is 1. The van der Waals surface area contributed by atoms with Gasteiger partial charge in [-0.3, -0.25) is 4.79 Å². The van der Waals surface area contributed by atoms with E-state index in [9.17, 15) is 9.90 Å². The maximum atomic E-state index is 11.6. The highest BCUT2D eigenvalue weighted by Crippen LogP contribution is 2.39. The zero-order chi connectivity index (χ0) is 17.4. The summed E-state index contributed by atoms with van der Waals surface area (Å²) in [4.78, 5) is 11.6. The quantitative estimate of drug-likeness (QED) is 0.895. The second kappa shape index (κ2) is 6.81. The topological polar surface area (TPSA) is 77.5 Å². The summed E-state index contributed by atoms with van der Waals surface area (Å²) in [5, 5.41) is 10.6. The van der Waals surface area contributed by atoms with Crippen LogP contribution in [0.25, 0.3) is 10.9 Å². The number of hydrogen-bond donors (Lipinski definition) is 2. The van der Waals surface area contributed by atoms with E-state index in [0.29, 0.717) is 18.0 Å². The van der Waals surface area contributed by atoms with E-state index in [0.717, 1.165) is 55.7 Å². The number of carbonyl (C=O) groups is 1. The molecule has 1 unspecified atom stereocenters. The van der Waals surface area contributed by atoms with Crippen LogP contribution in [0.4, 0.5) is 0 Å². The number of fused-ring (bicyclic) bond motifs is 3. The van der Waals surface area contributed by atoms with Crippen molar-refractivity contribution in [3.05, 3.63) is 35.0 Å². The fourth-order valence-corrected chi connectivity index (χ4v) is 4.78. The number of nitrogens with zero attached hydrogens (tertiary/aromatic N) is 1. The SMILES string of the molecule is NC(=O)c1ccc2c(c1)c1c(n2CCO)CCC(C2CCOCC2)C1. The van der Waals surface area contributed by atoms with Crippen molar-refractivity contribution in [1.82, 2.24) is 4.57 Å². The van der Waals surface area contributed by atoms with Crippen molar-refractivity contribution in [1.29, 1.82) is 0 Å². The van der Waals surface area contributed by atoms with Crippen LogP contribution in [0.1, 0.15) is 40.9 Å². The van der Waals surface area contributed by atoms with Crippen molar-refractivity contribution >= 4 is 16.8 Å². The van der Waals surface area contributed by atoms with Crippen molar-refractivity contribution in [3.63, 3.8) is 0 Å². The lowest BCUT2D eigenvalue weighted by atomic mass is 9.75. The molecule has 1 aliphatic heterocycles. The van der Waals surface area contributed by atoms with Gasteiger partial charge in [0.25, 0.3) is 0 Å². The van der Waals surface area contributed by atoms with E-state index in [4.69, 9.17) is 10.5 Å². The molecule has 134 valence electrons. The number of hydrogen-bond acceptors (Lipinski definition) is 3. The molecule has 1 atom stereocenters. The zero-order valence-electron chi connectivity index (χ0n) is 14.5. The molecule has 4 rings (SSSR count). The highest BCUT2D eigenvalue weighted by atomic mass is 16.5. The number of aliphatic hydroxyl groups excluding tert-OH is 1. The molecule has 5 nitrogen and oxygen atoms in total. The Morgan fingerprint density at radius 2 is 2.04 bits per heavy atom. The number of ether oxygens (including phenoxy) is 1. The normalized spacial score (nSPS) is 21.4. The van der Waals surface area contributed by atoms with E-state index in [-0.39, 0.29) is 12.5 Å². The van der Waals surface area contributed by atoms with Gasteiger partial charge in [0.05, 0.1) is 6.61 Å². The summed E-state index contributed by atoms with van der Waals surface area (Å²) in [6.45, 7) is 2.49. The number of aliphatic hydroxyl groups is 1.